The Labute approximate surface area is 85.8 Å². The molecule has 14 heavy (non-hydrogen) atoms. The fourth-order valence-electron chi connectivity index (χ4n) is 2.38. The number of hydrogen-bond acceptors (Lipinski definition) is 2. The van der Waals surface area contributed by atoms with Crippen molar-refractivity contribution in [3.63, 3.8) is 0 Å². The average molecular weight is 193 g/mol. The van der Waals surface area contributed by atoms with Gasteiger partial charge in [0, 0.05) is 24.2 Å². The van der Waals surface area contributed by atoms with Gasteiger partial charge in [-0.05, 0) is 25.7 Å². The summed E-state index contributed by atoms with van der Waals surface area (Å²) in [6.07, 6.45) is 11.4. The molecule has 1 N–H and O–H groups in total. The molecular formula is C12H19NO. The van der Waals surface area contributed by atoms with Crippen LogP contribution in [0, 0.1) is 0 Å². The third-order valence-corrected chi connectivity index (χ3v) is 3.31. The Morgan fingerprint density at radius 1 is 1.07 bits per heavy atom. The van der Waals surface area contributed by atoms with E-state index in [1.165, 1.54) is 32.1 Å². The van der Waals surface area contributed by atoms with Gasteiger partial charge >= 0.3 is 0 Å². The number of ketones is 1. The first kappa shape index (κ1) is 9.75. The molecule has 0 aliphatic heterocycles. The lowest BCUT2D eigenvalue weighted by atomic mass is 9.95. The Kier molecular flexibility index (Phi) is 3.22. The normalized spacial score (nSPS) is 27.1. The molecule has 0 unspecified atom stereocenters. The monoisotopic (exact) mass is 193 g/mol. The van der Waals surface area contributed by atoms with Crippen molar-refractivity contribution >= 4 is 5.78 Å². The lowest BCUT2D eigenvalue weighted by molar-refractivity contribution is -0.114. The Bertz CT molecular complexity index is 239. The molecule has 2 rings (SSSR count). The standard InChI is InChI=1S/C12H19NO/c14-12-8-4-5-10(12)9-13-11-6-2-1-3-7-11/h9,11,13H,1-8H2/b10-9-. The second-order valence-electron chi connectivity index (χ2n) is 4.45. The van der Waals surface area contributed by atoms with E-state index in [2.05, 4.69) is 5.32 Å². The van der Waals surface area contributed by atoms with Crippen LogP contribution in [0.15, 0.2) is 11.8 Å². The number of rotatable bonds is 2. The summed E-state index contributed by atoms with van der Waals surface area (Å²) in [5.74, 6) is 0.355. The highest BCUT2D eigenvalue weighted by Gasteiger charge is 2.17. The Balaban J connectivity index is 1.82. The molecule has 2 saturated carbocycles. The van der Waals surface area contributed by atoms with Crippen molar-refractivity contribution in [2.75, 3.05) is 0 Å². The van der Waals surface area contributed by atoms with Gasteiger partial charge in [-0.3, -0.25) is 4.79 Å². The Hall–Kier alpha value is -0.790. The molecule has 2 aliphatic rings. The zero-order chi connectivity index (χ0) is 9.80. The molecule has 2 heteroatoms. The van der Waals surface area contributed by atoms with Crippen molar-refractivity contribution in [1.29, 1.82) is 0 Å². The molecule has 0 aromatic heterocycles. The van der Waals surface area contributed by atoms with E-state index in [-0.39, 0.29) is 0 Å². The summed E-state index contributed by atoms with van der Waals surface area (Å²) < 4.78 is 0. The van der Waals surface area contributed by atoms with E-state index in [0.717, 1.165) is 24.8 Å². The van der Waals surface area contributed by atoms with Crippen molar-refractivity contribution < 1.29 is 4.79 Å². The molecule has 2 nitrogen and oxygen atoms in total. The number of carbonyl (C=O) groups is 1. The summed E-state index contributed by atoms with van der Waals surface area (Å²) in [7, 11) is 0. The third-order valence-electron chi connectivity index (χ3n) is 3.31. The lowest BCUT2D eigenvalue weighted by Crippen LogP contribution is -2.27. The molecule has 0 radical (unpaired) electrons. The topological polar surface area (TPSA) is 29.1 Å². The second kappa shape index (κ2) is 4.63. The number of carbonyl (C=O) groups excluding carboxylic acids is 1. The molecule has 0 spiro atoms. The van der Waals surface area contributed by atoms with Crippen LogP contribution >= 0.6 is 0 Å². The molecular weight excluding hydrogens is 174 g/mol. The molecule has 0 saturated heterocycles. The van der Waals surface area contributed by atoms with E-state index in [1.807, 2.05) is 6.20 Å². The molecule has 0 heterocycles. The summed E-state index contributed by atoms with van der Waals surface area (Å²) in [6, 6.07) is 0.629. The smallest absolute Gasteiger partial charge is 0.160 e. The minimum Gasteiger partial charge on any atom is -0.388 e. The van der Waals surface area contributed by atoms with Gasteiger partial charge in [-0.1, -0.05) is 19.3 Å². The lowest BCUT2D eigenvalue weighted by Gasteiger charge is -2.22. The number of hydrogen-bond donors (Lipinski definition) is 1. The first-order chi connectivity index (χ1) is 6.86. The second-order valence-corrected chi connectivity index (χ2v) is 4.45. The highest BCUT2D eigenvalue weighted by molar-refractivity contribution is 5.97. The zero-order valence-electron chi connectivity index (χ0n) is 8.72. The van der Waals surface area contributed by atoms with Gasteiger partial charge in [-0.15, -0.1) is 0 Å². The first-order valence-corrected chi connectivity index (χ1v) is 5.84. The van der Waals surface area contributed by atoms with Gasteiger partial charge in [0.05, 0.1) is 0 Å². The average Bonchev–Trinajstić information content (AvgIpc) is 2.63. The number of nitrogens with one attached hydrogen (secondary N) is 1. The SMILES string of the molecule is O=C1CCC/C1=C/NC1CCCCC1. The van der Waals surface area contributed by atoms with E-state index in [1.54, 1.807) is 0 Å². The molecule has 78 valence electrons. The highest BCUT2D eigenvalue weighted by atomic mass is 16.1. The van der Waals surface area contributed by atoms with Crippen molar-refractivity contribution in [2.45, 2.75) is 57.4 Å². The Morgan fingerprint density at radius 3 is 2.50 bits per heavy atom. The van der Waals surface area contributed by atoms with Gasteiger partial charge in [0.25, 0.3) is 0 Å². The van der Waals surface area contributed by atoms with Crippen LogP contribution in [0.4, 0.5) is 0 Å². The molecule has 0 bridgehead atoms. The molecule has 2 fully saturated rings. The fourth-order valence-corrected chi connectivity index (χ4v) is 2.38. The summed E-state index contributed by atoms with van der Waals surface area (Å²) in [4.78, 5) is 11.3. The molecule has 0 aromatic carbocycles. The predicted octanol–water partition coefficient (Wildman–Crippen LogP) is 2.55. The summed E-state index contributed by atoms with van der Waals surface area (Å²) in [5.41, 5.74) is 1.02. The minimum absolute atomic E-state index is 0.355. The van der Waals surface area contributed by atoms with Gasteiger partial charge in [0.2, 0.25) is 0 Å². The minimum atomic E-state index is 0.355. The summed E-state index contributed by atoms with van der Waals surface area (Å²) >= 11 is 0. The van der Waals surface area contributed by atoms with E-state index in [0.29, 0.717) is 11.8 Å². The van der Waals surface area contributed by atoms with E-state index < -0.39 is 0 Å². The maximum atomic E-state index is 11.3. The van der Waals surface area contributed by atoms with Crippen LogP contribution in [0.2, 0.25) is 0 Å². The number of allylic oxidation sites excluding steroid dienone is 1. The van der Waals surface area contributed by atoms with Crippen LogP contribution in [-0.4, -0.2) is 11.8 Å². The number of Topliss-reactive ketones (excluding diaryl/α,β-unsaturated/α-hetero) is 1. The molecule has 2 aliphatic carbocycles. The summed E-state index contributed by atoms with van der Waals surface area (Å²) in [6.45, 7) is 0. The summed E-state index contributed by atoms with van der Waals surface area (Å²) in [5, 5.41) is 3.41. The first-order valence-electron chi connectivity index (χ1n) is 5.84. The van der Waals surface area contributed by atoms with Crippen LogP contribution in [0.3, 0.4) is 0 Å². The van der Waals surface area contributed by atoms with Gasteiger partial charge in [-0.25, -0.2) is 0 Å². The maximum absolute atomic E-state index is 11.3. The molecule has 0 amide bonds. The van der Waals surface area contributed by atoms with Crippen LogP contribution in [0.1, 0.15) is 51.4 Å². The van der Waals surface area contributed by atoms with Crippen molar-refractivity contribution in [1.82, 2.24) is 5.32 Å². The quantitative estimate of drug-likeness (QED) is 0.683. The van der Waals surface area contributed by atoms with Gasteiger partial charge in [0.15, 0.2) is 5.78 Å². The van der Waals surface area contributed by atoms with Gasteiger partial charge < -0.3 is 5.32 Å². The molecule has 0 aromatic rings. The van der Waals surface area contributed by atoms with Crippen molar-refractivity contribution in [2.24, 2.45) is 0 Å². The van der Waals surface area contributed by atoms with Crippen LogP contribution in [-0.2, 0) is 4.79 Å². The van der Waals surface area contributed by atoms with Gasteiger partial charge in [-0.2, -0.15) is 0 Å². The van der Waals surface area contributed by atoms with Crippen LogP contribution in [0.25, 0.3) is 0 Å². The highest BCUT2D eigenvalue weighted by Crippen LogP contribution is 2.21. The van der Waals surface area contributed by atoms with Crippen LogP contribution < -0.4 is 5.32 Å². The maximum Gasteiger partial charge on any atom is 0.160 e. The third kappa shape index (κ3) is 2.37. The predicted molar refractivity (Wildman–Crippen MR) is 56.9 cm³/mol. The fraction of sp³-hybridized carbons (Fsp3) is 0.750. The Morgan fingerprint density at radius 2 is 1.86 bits per heavy atom. The molecule has 0 atom stereocenters. The zero-order valence-corrected chi connectivity index (χ0v) is 8.72. The van der Waals surface area contributed by atoms with E-state index in [9.17, 15) is 4.79 Å². The van der Waals surface area contributed by atoms with Crippen LogP contribution in [0.5, 0.6) is 0 Å². The van der Waals surface area contributed by atoms with Crippen molar-refractivity contribution in [3.8, 4) is 0 Å². The van der Waals surface area contributed by atoms with Crippen molar-refractivity contribution in [3.05, 3.63) is 11.8 Å². The van der Waals surface area contributed by atoms with E-state index >= 15 is 0 Å². The largest absolute Gasteiger partial charge is 0.388 e. The van der Waals surface area contributed by atoms with Gasteiger partial charge in [0.1, 0.15) is 0 Å². The van der Waals surface area contributed by atoms with E-state index in [4.69, 9.17) is 0 Å².